The minimum Gasteiger partial charge on any atom is -0.367 e. The molecule has 0 aromatic heterocycles. The fourth-order valence-corrected chi connectivity index (χ4v) is 1.13. The second kappa shape index (κ2) is 4.83. The standard InChI is InChI=1S/C9H12N2O4/c10-8(9(12)13)5-6-1-3-7(4-2-6)11(14)15/h1-4,8-9,12-13H,5,10H2. The van der Waals surface area contributed by atoms with Crippen LogP contribution in [0.1, 0.15) is 5.56 Å². The first-order valence-electron chi connectivity index (χ1n) is 4.35. The Morgan fingerprint density at radius 3 is 2.27 bits per heavy atom. The van der Waals surface area contributed by atoms with Gasteiger partial charge in [0.25, 0.3) is 5.69 Å². The number of non-ortho nitro benzene ring substituents is 1. The van der Waals surface area contributed by atoms with Crippen LogP contribution >= 0.6 is 0 Å². The smallest absolute Gasteiger partial charge is 0.269 e. The Morgan fingerprint density at radius 1 is 1.33 bits per heavy atom. The van der Waals surface area contributed by atoms with Crippen LogP contribution in [0, 0.1) is 10.1 Å². The Morgan fingerprint density at radius 2 is 1.87 bits per heavy atom. The zero-order valence-electron chi connectivity index (χ0n) is 7.91. The first kappa shape index (κ1) is 11.6. The molecule has 82 valence electrons. The molecule has 0 aliphatic carbocycles. The third kappa shape index (κ3) is 3.28. The van der Waals surface area contributed by atoms with Crippen molar-refractivity contribution in [1.29, 1.82) is 0 Å². The number of benzene rings is 1. The van der Waals surface area contributed by atoms with E-state index in [1.807, 2.05) is 0 Å². The van der Waals surface area contributed by atoms with Gasteiger partial charge in [-0.2, -0.15) is 0 Å². The van der Waals surface area contributed by atoms with Crippen LogP contribution in [-0.2, 0) is 6.42 Å². The molecule has 0 saturated carbocycles. The average molecular weight is 212 g/mol. The van der Waals surface area contributed by atoms with Gasteiger partial charge in [-0.15, -0.1) is 0 Å². The number of aliphatic hydroxyl groups is 2. The van der Waals surface area contributed by atoms with Crippen molar-refractivity contribution in [2.75, 3.05) is 0 Å². The average Bonchev–Trinajstić information content (AvgIpc) is 2.18. The van der Waals surface area contributed by atoms with Crippen molar-refractivity contribution in [3.05, 3.63) is 39.9 Å². The maximum Gasteiger partial charge on any atom is 0.269 e. The third-order valence-corrected chi connectivity index (χ3v) is 2.00. The number of nitro groups is 1. The molecule has 0 bridgehead atoms. The number of rotatable bonds is 4. The second-order valence-corrected chi connectivity index (χ2v) is 3.21. The van der Waals surface area contributed by atoms with Crippen molar-refractivity contribution >= 4 is 5.69 Å². The van der Waals surface area contributed by atoms with Crippen LogP contribution < -0.4 is 5.73 Å². The molecule has 1 rings (SSSR count). The summed E-state index contributed by atoms with van der Waals surface area (Å²) < 4.78 is 0. The van der Waals surface area contributed by atoms with Crippen LogP contribution in [-0.4, -0.2) is 27.5 Å². The Labute approximate surface area is 86.1 Å². The van der Waals surface area contributed by atoms with Crippen molar-refractivity contribution in [2.24, 2.45) is 5.73 Å². The monoisotopic (exact) mass is 212 g/mol. The van der Waals surface area contributed by atoms with E-state index in [0.717, 1.165) is 5.56 Å². The van der Waals surface area contributed by atoms with Gasteiger partial charge in [-0.25, -0.2) is 0 Å². The SMILES string of the molecule is NC(Cc1ccc([N+](=O)[O-])cc1)C(O)O. The highest BCUT2D eigenvalue weighted by Gasteiger charge is 2.12. The van der Waals surface area contributed by atoms with Gasteiger partial charge in [-0.1, -0.05) is 12.1 Å². The Balaban J connectivity index is 2.68. The molecular formula is C9H12N2O4. The van der Waals surface area contributed by atoms with Gasteiger partial charge in [-0.3, -0.25) is 10.1 Å². The maximum atomic E-state index is 10.3. The molecule has 0 amide bonds. The van der Waals surface area contributed by atoms with Crippen LogP contribution in [0.2, 0.25) is 0 Å². The van der Waals surface area contributed by atoms with E-state index in [4.69, 9.17) is 15.9 Å². The van der Waals surface area contributed by atoms with E-state index in [2.05, 4.69) is 0 Å². The highest BCUT2D eigenvalue weighted by Crippen LogP contribution is 2.13. The molecule has 15 heavy (non-hydrogen) atoms. The number of hydrogen-bond acceptors (Lipinski definition) is 5. The topological polar surface area (TPSA) is 110 Å². The molecule has 1 aromatic carbocycles. The van der Waals surface area contributed by atoms with E-state index in [1.165, 1.54) is 12.1 Å². The molecule has 4 N–H and O–H groups in total. The lowest BCUT2D eigenvalue weighted by atomic mass is 10.1. The summed E-state index contributed by atoms with van der Waals surface area (Å²) in [6.07, 6.45) is -1.32. The lowest BCUT2D eigenvalue weighted by molar-refractivity contribution is -0.384. The van der Waals surface area contributed by atoms with Gasteiger partial charge in [0.15, 0.2) is 6.29 Å². The van der Waals surface area contributed by atoms with Crippen LogP contribution in [0.15, 0.2) is 24.3 Å². The van der Waals surface area contributed by atoms with Crippen molar-refractivity contribution < 1.29 is 15.1 Å². The summed E-state index contributed by atoms with van der Waals surface area (Å²) in [5, 5.41) is 27.8. The molecule has 0 spiro atoms. The van der Waals surface area contributed by atoms with Gasteiger partial charge in [0.05, 0.1) is 11.0 Å². The molecule has 1 atom stereocenters. The number of nitrogens with two attached hydrogens (primary N) is 1. The van der Waals surface area contributed by atoms with Crippen LogP contribution in [0.4, 0.5) is 5.69 Å². The lowest BCUT2D eigenvalue weighted by Crippen LogP contribution is -2.36. The zero-order chi connectivity index (χ0) is 11.4. The van der Waals surface area contributed by atoms with E-state index < -0.39 is 17.3 Å². The number of aliphatic hydroxyl groups excluding tert-OH is 1. The molecule has 0 aliphatic heterocycles. The minimum atomic E-state index is -1.58. The molecule has 0 heterocycles. The van der Waals surface area contributed by atoms with Crippen LogP contribution in [0.5, 0.6) is 0 Å². The molecule has 0 fully saturated rings. The molecule has 0 radical (unpaired) electrons. The van der Waals surface area contributed by atoms with Gasteiger partial charge in [0.1, 0.15) is 0 Å². The second-order valence-electron chi connectivity index (χ2n) is 3.21. The predicted octanol–water partition coefficient (Wildman–Crippen LogP) is -0.225. The number of nitro benzene ring substituents is 1. The van der Waals surface area contributed by atoms with Crippen molar-refractivity contribution in [3.8, 4) is 0 Å². The summed E-state index contributed by atoms with van der Waals surface area (Å²) in [5.41, 5.74) is 6.13. The Bertz CT molecular complexity index is 336. The molecule has 1 unspecified atom stereocenters. The summed E-state index contributed by atoms with van der Waals surface area (Å²) in [6.45, 7) is 0. The molecule has 6 nitrogen and oxygen atoms in total. The fraction of sp³-hybridized carbons (Fsp3) is 0.333. The number of nitrogens with zero attached hydrogens (tertiary/aromatic N) is 1. The van der Waals surface area contributed by atoms with E-state index in [0.29, 0.717) is 0 Å². The molecule has 0 aliphatic rings. The lowest BCUT2D eigenvalue weighted by Gasteiger charge is -2.12. The van der Waals surface area contributed by atoms with Crippen molar-refractivity contribution in [2.45, 2.75) is 18.8 Å². The molecular weight excluding hydrogens is 200 g/mol. The Kier molecular flexibility index (Phi) is 3.73. The number of hydrogen-bond donors (Lipinski definition) is 3. The first-order valence-corrected chi connectivity index (χ1v) is 4.35. The predicted molar refractivity (Wildman–Crippen MR) is 53.0 cm³/mol. The third-order valence-electron chi connectivity index (χ3n) is 2.00. The molecule has 6 heteroatoms. The normalized spacial score (nSPS) is 12.8. The highest BCUT2D eigenvalue weighted by atomic mass is 16.6. The quantitative estimate of drug-likeness (QED) is 0.363. The van der Waals surface area contributed by atoms with Gasteiger partial charge in [0.2, 0.25) is 0 Å². The van der Waals surface area contributed by atoms with E-state index in [1.54, 1.807) is 12.1 Å². The summed E-state index contributed by atoms with van der Waals surface area (Å²) in [4.78, 5) is 9.85. The van der Waals surface area contributed by atoms with E-state index in [9.17, 15) is 10.1 Å². The zero-order valence-corrected chi connectivity index (χ0v) is 7.91. The van der Waals surface area contributed by atoms with Gasteiger partial charge >= 0.3 is 0 Å². The Hall–Kier alpha value is -1.50. The fourth-order valence-electron chi connectivity index (χ4n) is 1.13. The van der Waals surface area contributed by atoms with E-state index >= 15 is 0 Å². The minimum absolute atomic E-state index is 0.00290. The first-order chi connectivity index (χ1) is 7.00. The van der Waals surface area contributed by atoms with Crippen molar-refractivity contribution in [1.82, 2.24) is 0 Å². The maximum absolute atomic E-state index is 10.3. The molecule has 1 aromatic rings. The van der Waals surface area contributed by atoms with E-state index in [-0.39, 0.29) is 12.1 Å². The summed E-state index contributed by atoms with van der Waals surface area (Å²) in [5.74, 6) is 0. The highest BCUT2D eigenvalue weighted by molar-refractivity contribution is 5.33. The van der Waals surface area contributed by atoms with Crippen LogP contribution in [0.25, 0.3) is 0 Å². The summed E-state index contributed by atoms with van der Waals surface area (Å²) >= 11 is 0. The summed E-state index contributed by atoms with van der Waals surface area (Å²) in [6, 6.07) is 5.00. The summed E-state index contributed by atoms with van der Waals surface area (Å²) in [7, 11) is 0. The van der Waals surface area contributed by atoms with Crippen LogP contribution in [0.3, 0.4) is 0 Å². The molecule has 0 saturated heterocycles. The van der Waals surface area contributed by atoms with Gasteiger partial charge in [-0.05, 0) is 12.0 Å². The largest absolute Gasteiger partial charge is 0.367 e. The van der Waals surface area contributed by atoms with Gasteiger partial charge in [0, 0.05) is 12.1 Å². The van der Waals surface area contributed by atoms with Gasteiger partial charge < -0.3 is 15.9 Å². The van der Waals surface area contributed by atoms with Crippen molar-refractivity contribution in [3.63, 3.8) is 0 Å².